The van der Waals surface area contributed by atoms with Crippen molar-refractivity contribution in [2.75, 3.05) is 19.8 Å². The van der Waals surface area contributed by atoms with Gasteiger partial charge in [-0.1, -0.05) is 32.0 Å². The van der Waals surface area contributed by atoms with E-state index in [2.05, 4.69) is 5.32 Å². The highest BCUT2D eigenvalue weighted by atomic mass is 19.1. The summed E-state index contributed by atoms with van der Waals surface area (Å²) >= 11 is 0. The number of carbonyl (C=O) groups excluding carboxylic acids is 2. The molecule has 3 rings (SSSR count). The fraction of sp³-hybridized carbons (Fsp3) is 0.364. The van der Waals surface area contributed by atoms with Crippen LogP contribution >= 0.6 is 0 Å². The Labute approximate surface area is 169 Å². The van der Waals surface area contributed by atoms with Crippen LogP contribution in [0.25, 0.3) is 0 Å². The number of rotatable bonds is 7. The fourth-order valence-corrected chi connectivity index (χ4v) is 3.07. The van der Waals surface area contributed by atoms with Crippen LogP contribution in [-0.4, -0.2) is 31.7 Å². The highest BCUT2D eigenvalue weighted by Crippen LogP contribution is 2.34. The number of nitrogens with one attached hydrogen (secondary N) is 1. The molecule has 0 spiro atoms. The Kier molecular flexibility index (Phi) is 6.69. The third-order valence-corrected chi connectivity index (χ3v) is 4.53. The average Bonchev–Trinajstić information content (AvgIpc) is 2.71. The van der Waals surface area contributed by atoms with Crippen LogP contribution in [0.1, 0.15) is 31.0 Å². The zero-order valence-corrected chi connectivity index (χ0v) is 16.4. The first kappa shape index (κ1) is 20.6. The van der Waals surface area contributed by atoms with Crippen molar-refractivity contribution >= 4 is 11.9 Å². The van der Waals surface area contributed by atoms with Gasteiger partial charge in [-0.15, -0.1) is 0 Å². The number of hydrogen-bond acceptors (Lipinski definition) is 5. The van der Waals surface area contributed by atoms with Crippen molar-refractivity contribution in [1.82, 2.24) is 5.32 Å². The Bertz CT molecular complexity index is 866. The van der Waals surface area contributed by atoms with Gasteiger partial charge < -0.3 is 19.5 Å². The Morgan fingerprint density at radius 3 is 2.45 bits per heavy atom. The van der Waals surface area contributed by atoms with Gasteiger partial charge in [0, 0.05) is 0 Å². The normalized spacial score (nSPS) is 13.7. The molecule has 2 aromatic carbocycles. The summed E-state index contributed by atoms with van der Waals surface area (Å²) in [7, 11) is 0. The summed E-state index contributed by atoms with van der Waals surface area (Å²) in [4.78, 5) is 24.3. The van der Waals surface area contributed by atoms with Gasteiger partial charge in [0.15, 0.2) is 18.1 Å². The van der Waals surface area contributed by atoms with E-state index in [9.17, 15) is 14.0 Å². The molecule has 0 radical (unpaired) electrons. The standard InChI is InChI=1S/C22H24FNO5/c1-14(2)22(16-5-8-18-19(12-16)28-10-9-27-18)24-20(25)13-29-21(26)11-15-3-6-17(23)7-4-15/h3-8,12,14,22H,9-11,13H2,1-2H3,(H,24,25)/t22-/m1/s1. The van der Waals surface area contributed by atoms with E-state index in [0.717, 1.165) is 5.56 Å². The Balaban J connectivity index is 1.55. The van der Waals surface area contributed by atoms with Crippen molar-refractivity contribution in [3.63, 3.8) is 0 Å². The monoisotopic (exact) mass is 401 g/mol. The molecule has 0 bridgehead atoms. The van der Waals surface area contributed by atoms with Gasteiger partial charge in [-0.25, -0.2) is 4.39 Å². The summed E-state index contributed by atoms with van der Waals surface area (Å²) in [5.74, 6) is 0.123. The van der Waals surface area contributed by atoms with E-state index >= 15 is 0 Å². The average molecular weight is 401 g/mol. The minimum Gasteiger partial charge on any atom is -0.486 e. The number of hydrogen-bond donors (Lipinski definition) is 1. The lowest BCUT2D eigenvalue weighted by molar-refractivity contribution is -0.148. The van der Waals surface area contributed by atoms with E-state index in [4.69, 9.17) is 14.2 Å². The summed E-state index contributed by atoms with van der Waals surface area (Å²) in [5.41, 5.74) is 1.50. The molecule has 1 N–H and O–H groups in total. The Hall–Kier alpha value is -3.09. The number of amides is 1. The number of halogens is 1. The zero-order valence-electron chi connectivity index (χ0n) is 16.4. The second-order valence-electron chi connectivity index (χ2n) is 7.16. The van der Waals surface area contributed by atoms with Gasteiger partial charge in [-0.05, 0) is 41.3 Å². The summed E-state index contributed by atoms with van der Waals surface area (Å²) in [6.45, 7) is 4.59. The summed E-state index contributed by atoms with van der Waals surface area (Å²) in [5, 5.41) is 2.90. The van der Waals surface area contributed by atoms with E-state index in [1.54, 1.807) is 0 Å². The second kappa shape index (κ2) is 9.41. The van der Waals surface area contributed by atoms with E-state index in [1.807, 2.05) is 32.0 Å². The van der Waals surface area contributed by atoms with Gasteiger partial charge in [0.1, 0.15) is 19.0 Å². The minimum absolute atomic E-state index is 0.0245. The molecular weight excluding hydrogens is 377 g/mol. The molecule has 1 aliphatic rings. The Morgan fingerprint density at radius 2 is 1.76 bits per heavy atom. The second-order valence-corrected chi connectivity index (χ2v) is 7.16. The number of ether oxygens (including phenoxy) is 3. The van der Waals surface area contributed by atoms with Crippen molar-refractivity contribution in [3.8, 4) is 11.5 Å². The van der Waals surface area contributed by atoms with Crippen molar-refractivity contribution < 1.29 is 28.2 Å². The van der Waals surface area contributed by atoms with E-state index in [0.29, 0.717) is 30.3 Å². The highest BCUT2D eigenvalue weighted by molar-refractivity contribution is 5.81. The highest BCUT2D eigenvalue weighted by Gasteiger charge is 2.22. The lowest BCUT2D eigenvalue weighted by atomic mass is 9.95. The molecule has 0 unspecified atom stereocenters. The van der Waals surface area contributed by atoms with Gasteiger partial charge >= 0.3 is 5.97 Å². The molecule has 1 aliphatic heterocycles. The van der Waals surface area contributed by atoms with Crippen molar-refractivity contribution in [2.24, 2.45) is 5.92 Å². The molecule has 0 saturated carbocycles. The maximum absolute atomic E-state index is 12.9. The zero-order chi connectivity index (χ0) is 20.8. The first-order valence-electron chi connectivity index (χ1n) is 9.51. The number of esters is 1. The predicted octanol–water partition coefficient (Wildman–Crippen LogP) is 3.20. The molecule has 6 nitrogen and oxygen atoms in total. The van der Waals surface area contributed by atoms with Crippen LogP contribution in [0.15, 0.2) is 42.5 Å². The van der Waals surface area contributed by atoms with Crippen LogP contribution in [0.2, 0.25) is 0 Å². The van der Waals surface area contributed by atoms with Crippen molar-refractivity contribution in [3.05, 3.63) is 59.4 Å². The van der Waals surface area contributed by atoms with Crippen LogP contribution in [0, 0.1) is 11.7 Å². The largest absolute Gasteiger partial charge is 0.486 e. The smallest absolute Gasteiger partial charge is 0.310 e. The first-order valence-corrected chi connectivity index (χ1v) is 9.51. The van der Waals surface area contributed by atoms with Crippen molar-refractivity contribution in [1.29, 1.82) is 0 Å². The van der Waals surface area contributed by atoms with E-state index in [-0.39, 0.29) is 30.8 Å². The Morgan fingerprint density at radius 1 is 1.07 bits per heavy atom. The van der Waals surface area contributed by atoms with Crippen LogP contribution in [0.5, 0.6) is 11.5 Å². The SMILES string of the molecule is CC(C)[C@@H](NC(=O)COC(=O)Cc1ccc(F)cc1)c1ccc2c(c1)OCCO2. The van der Waals surface area contributed by atoms with Gasteiger partial charge in [-0.3, -0.25) is 9.59 Å². The first-order chi connectivity index (χ1) is 13.9. The third-order valence-electron chi connectivity index (χ3n) is 4.53. The molecule has 1 amide bonds. The van der Waals surface area contributed by atoms with Gasteiger partial charge in [0.25, 0.3) is 5.91 Å². The van der Waals surface area contributed by atoms with Crippen molar-refractivity contribution in [2.45, 2.75) is 26.3 Å². The van der Waals surface area contributed by atoms with Crippen LogP contribution in [-0.2, 0) is 20.7 Å². The molecule has 0 fully saturated rings. The molecular formula is C22H24FNO5. The molecule has 2 aromatic rings. The molecule has 154 valence electrons. The third kappa shape index (κ3) is 5.70. The van der Waals surface area contributed by atoms with Gasteiger partial charge in [0.05, 0.1) is 12.5 Å². The predicted molar refractivity (Wildman–Crippen MR) is 104 cm³/mol. The molecule has 7 heteroatoms. The summed E-state index contributed by atoms with van der Waals surface area (Å²) in [6, 6.07) is 10.9. The summed E-state index contributed by atoms with van der Waals surface area (Å²) in [6.07, 6.45) is -0.0245. The molecule has 1 heterocycles. The lowest BCUT2D eigenvalue weighted by Gasteiger charge is -2.25. The molecule has 0 aromatic heterocycles. The van der Waals surface area contributed by atoms with E-state index in [1.165, 1.54) is 24.3 Å². The molecule has 1 atom stereocenters. The van der Waals surface area contributed by atoms with Crippen LogP contribution < -0.4 is 14.8 Å². The quantitative estimate of drug-likeness (QED) is 0.722. The maximum atomic E-state index is 12.9. The number of fused-ring (bicyclic) bond motifs is 1. The van der Waals surface area contributed by atoms with Crippen LogP contribution in [0.4, 0.5) is 4.39 Å². The summed E-state index contributed by atoms with van der Waals surface area (Å²) < 4.78 is 29.1. The van der Waals surface area contributed by atoms with E-state index < -0.39 is 11.9 Å². The van der Waals surface area contributed by atoms with Crippen LogP contribution in [0.3, 0.4) is 0 Å². The fourth-order valence-electron chi connectivity index (χ4n) is 3.07. The lowest BCUT2D eigenvalue weighted by Crippen LogP contribution is -2.35. The minimum atomic E-state index is -0.549. The van der Waals surface area contributed by atoms with Gasteiger partial charge in [0.2, 0.25) is 0 Å². The number of carbonyl (C=O) groups is 2. The topological polar surface area (TPSA) is 73.9 Å². The van der Waals surface area contributed by atoms with Gasteiger partial charge in [-0.2, -0.15) is 0 Å². The maximum Gasteiger partial charge on any atom is 0.310 e. The number of benzene rings is 2. The molecule has 0 saturated heterocycles. The molecule has 0 aliphatic carbocycles. The molecule has 29 heavy (non-hydrogen) atoms.